The van der Waals surface area contributed by atoms with Crippen LogP contribution in [0, 0.1) is 11.3 Å². The van der Waals surface area contributed by atoms with E-state index in [0.29, 0.717) is 5.92 Å². The van der Waals surface area contributed by atoms with Gasteiger partial charge in [0.05, 0.1) is 12.1 Å². The highest BCUT2D eigenvalue weighted by atomic mass is 16.5. The molecule has 0 saturated carbocycles. The van der Waals surface area contributed by atoms with Crippen LogP contribution in [0.2, 0.25) is 0 Å². The van der Waals surface area contributed by atoms with E-state index >= 15 is 0 Å². The van der Waals surface area contributed by atoms with Crippen LogP contribution in [0.15, 0.2) is 70.3 Å². The molecule has 144 valence electrons. The molecule has 3 atom stereocenters. The van der Waals surface area contributed by atoms with Crippen molar-refractivity contribution in [3.05, 3.63) is 70.3 Å². The molecule has 0 aromatic carbocycles. The van der Waals surface area contributed by atoms with Crippen molar-refractivity contribution in [1.29, 1.82) is 0 Å². The molecule has 0 aromatic rings. The molecule has 0 aromatic heterocycles. The summed E-state index contributed by atoms with van der Waals surface area (Å²) in [4.78, 5) is 0. The normalized spacial score (nSPS) is 34.4. The zero-order valence-corrected chi connectivity index (χ0v) is 17.1. The van der Waals surface area contributed by atoms with Gasteiger partial charge in [0.1, 0.15) is 17.6 Å². The van der Waals surface area contributed by atoms with Crippen molar-refractivity contribution in [3.63, 3.8) is 0 Å². The third-order valence-electron chi connectivity index (χ3n) is 5.88. The van der Waals surface area contributed by atoms with E-state index in [-0.39, 0.29) is 11.5 Å². The van der Waals surface area contributed by atoms with E-state index < -0.39 is 5.54 Å². The van der Waals surface area contributed by atoms with Crippen LogP contribution in [0.1, 0.15) is 47.5 Å². The highest BCUT2D eigenvalue weighted by Crippen LogP contribution is 2.41. The molecule has 3 nitrogen and oxygen atoms in total. The number of hydrogen-bond donors (Lipinski definition) is 1. The lowest BCUT2D eigenvalue weighted by Gasteiger charge is -2.21. The average Bonchev–Trinajstić information content (AvgIpc) is 3.02. The lowest BCUT2D eigenvalue weighted by molar-refractivity contribution is 0.153. The van der Waals surface area contributed by atoms with Crippen LogP contribution in [0.3, 0.4) is 0 Å². The Balaban J connectivity index is 1.64. The Morgan fingerprint density at radius 1 is 1.19 bits per heavy atom. The number of allylic oxidation sites excluding steroid dienone is 6. The van der Waals surface area contributed by atoms with Crippen LogP contribution in [0.5, 0.6) is 0 Å². The van der Waals surface area contributed by atoms with Gasteiger partial charge < -0.3 is 15.2 Å². The zero-order valence-electron chi connectivity index (χ0n) is 17.1. The molecule has 0 radical (unpaired) electrons. The predicted octanol–water partition coefficient (Wildman–Crippen LogP) is 5.10. The van der Waals surface area contributed by atoms with Crippen LogP contribution in [-0.2, 0) is 9.47 Å². The second-order valence-electron chi connectivity index (χ2n) is 9.29. The molecular formula is C24H31NO2. The molecular weight excluding hydrogens is 334 g/mol. The fourth-order valence-corrected chi connectivity index (χ4v) is 4.58. The Labute approximate surface area is 163 Å². The van der Waals surface area contributed by atoms with Gasteiger partial charge in [-0.25, -0.2) is 0 Å². The number of fused-ring (bicyclic) bond motifs is 1. The van der Waals surface area contributed by atoms with Crippen LogP contribution in [-0.4, -0.2) is 18.2 Å². The van der Waals surface area contributed by atoms with Gasteiger partial charge in [-0.3, -0.25) is 0 Å². The summed E-state index contributed by atoms with van der Waals surface area (Å²) >= 11 is 0. The molecule has 2 N–H and O–H groups in total. The lowest BCUT2D eigenvalue weighted by atomic mass is 9.88. The van der Waals surface area contributed by atoms with Crippen molar-refractivity contribution >= 4 is 0 Å². The van der Waals surface area contributed by atoms with E-state index in [0.717, 1.165) is 31.0 Å². The topological polar surface area (TPSA) is 44.5 Å². The van der Waals surface area contributed by atoms with Gasteiger partial charge in [-0.2, -0.15) is 0 Å². The molecule has 1 unspecified atom stereocenters. The Hall–Kier alpha value is -2.00. The van der Waals surface area contributed by atoms with Gasteiger partial charge in [0, 0.05) is 17.4 Å². The summed E-state index contributed by atoms with van der Waals surface area (Å²) in [6.07, 6.45) is 15.1. The maximum absolute atomic E-state index is 6.55. The Kier molecular flexibility index (Phi) is 4.27. The second kappa shape index (κ2) is 6.27. The van der Waals surface area contributed by atoms with Crippen LogP contribution in [0.25, 0.3) is 0 Å². The van der Waals surface area contributed by atoms with Gasteiger partial charge in [0.25, 0.3) is 0 Å². The predicted molar refractivity (Wildman–Crippen MR) is 110 cm³/mol. The van der Waals surface area contributed by atoms with Crippen LogP contribution >= 0.6 is 0 Å². The molecule has 0 spiro atoms. The van der Waals surface area contributed by atoms with Crippen molar-refractivity contribution < 1.29 is 9.47 Å². The van der Waals surface area contributed by atoms with E-state index in [2.05, 4.69) is 64.2 Å². The van der Waals surface area contributed by atoms with E-state index in [1.165, 1.54) is 22.3 Å². The standard InChI is InChI=1S/C24H31NO2/c1-15-11-24(5,25)9-8-19-18(15)6-7-21(19)27-17-10-22-20(16(2)14-26-22)13-23(3,4)12-17/h8-13,16,21H,6-7,14,25H2,1-5H3/t16-,21+,24?/m1/s1. The van der Waals surface area contributed by atoms with Gasteiger partial charge in [-0.05, 0) is 55.1 Å². The molecule has 0 amide bonds. The Bertz CT molecular complexity index is 846. The molecule has 1 saturated heterocycles. The zero-order chi connectivity index (χ0) is 19.4. The van der Waals surface area contributed by atoms with Gasteiger partial charge in [-0.1, -0.05) is 45.1 Å². The van der Waals surface area contributed by atoms with E-state index in [1.54, 1.807) is 0 Å². The molecule has 1 aliphatic heterocycles. The fourth-order valence-electron chi connectivity index (χ4n) is 4.58. The summed E-state index contributed by atoms with van der Waals surface area (Å²) in [5.74, 6) is 2.31. The van der Waals surface area contributed by atoms with Crippen molar-refractivity contribution in [2.24, 2.45) is 17.1 Å². The van der Waals surface area contributed by atoms with Crippen LogP contribution < -0.4 is 5.73 Å². The third kappa shape index (κ3) is 3.58. The summed E-state index contributed by atoms with van der Waals surface area (Å²) in [6, 6.07) is 0. The molecule has 4 rings (SSSR count). The van der Waals surface area contributed by atoms with Crippen molar-refractivity contribution in [2.75, 3.05) is 6.61 Å². The minimum atomic E-state index is -0.406. The maximum Gasteiger partial charge on any atom is 0.126 e. The Morgan fingerprint density at radius 2 is 1.96 bits per heavy atom. The van der Waals surface area contributed by atoms with E-state index in [9.17, 15) is 0 Å². The van der Waals surface area contributed by atoms with Gasteiger partial charge in [0.2, 0.25) is 0 Å². The maximum atomic E-state index is 6.55. The quantitative estimate of drug-likeness (QED) is 0.741. The first-order chi connectivity index (χ1) is 12.6. The SMILES string of the molecule is CC1=CC(C)(N)C=CC2=C1CC[C@@H]2OC1=CC(C)(C)C=C2C(=C1)OC[C@H]2C. The minimum Gasteiger partial charge on any atom is -0.493 e. The van der Waals surface area contributed by atoms with Crippen molar-refractivity contribution in [3.8, 4) is 0 Å². The largest absolute Gasteiger partial charge is 0.493 e. The molecule has 1 heterocycles. The van der Waals surface area contributed by atoms with Crippen molar-refractivity contribution in [2.45, 2.75) is 59.1 Å². The first kappa shape index (κ1) is 18.4. The van der Waals surface area contributed by atoms with E-state index in [4.69, 9.17) is 15.2 Å². The molecule has 4 aliphatic rings. The first-order valence-electron chi connectivity index (χ1n) is 10.0. The van der Waals surface area contributed by atoms with Gasteiger partial charge in [0.15, 0.2) is 0 Å². The molecule has 0 bridgehead atoms. The fraction of sp³-hybridized carbons (Fsp3) is 0.500. The Morgan fingerprint density at radius 3 is 2.74 bits per heavy atom. The number of hydrogen-bond acceptors (Lipinski definition) is 3. The summed E-state index contributed by atoms with van der Waals surface area (Å²) in [5.41, 5.74) is 11.1. The number of nitrogens with two attached hydrogens (primary N) is 1. The molecule has 1 fully saturated rings. The first-order valence-corrected chi connectivity index (χ1v) is 10.0. The van der Waals surface area contributed by atoms with E-state index in [1.807, 2.05) is 6.92 Å². The molecule has 27 heavy (non-hydrogen) atoms. The summed E-state index contributed by atoms with van der Waals surface area (Å²) in [7, 11) is 0. The number of ether oxygens (including phenoxy) is 2. The van der Waals surface area contributed by atoms with Crippen LogP contribution in [0.4, 0.5) is 0 Å². The average molecular weight is 366 g/mol. The third-order valence-corrected chi connectivity index (χ3v) is 5.88. The molecule has 3 heteroatoms. The highest BCUT2D eigenvalue weighted by Gasteiger charge is 2.33. The summed E-state index contributed by atoms with van der Waals surface area (Å²) in [6.45, 7) is 11.6. The summed E-state index contributed by atoms with van der Waals surface area (Å²) in [5, 5.41) is 0. The second-order valence-corrected chi connectivity index (χ2v) is 9.29. The molecule has 3 aliphatic carbocycles. The van der Waals surface area contributed by atoms with Gasteiger partial charge in [-0.15, -0.1) is 0 Å². The highest BCUT2D eigenvalue weighted by molar-refractivity contribution is 5.50. The minimum absolute atomic E-state index is 0.0628. The smallest absolute Gasteiger partial charge is 0.126 e. The van der Waals surface area contributed by atoms with Crippen molar-refractivity contribution in [1.82, 2.24) is 0 Å². The summed E-state index contributed by atoms with van der Waals surface area (Å²) < 4.78 is 12.5. The number of rotatable bonds is 2. The van der Waals surface area contributed by atoms with Gasteiger partial charge >= 0.3 is 0 Å². The monoisotopic (exact) mass is 365 g/mol. The lowest BCUT2D eigenvalue weighted by Crippen LogP contribution is -2.31.